The quantitative estimate of drug-likeness (QED) is 0.535. The van der Waals surface area contributed by atoms with E-state index in [1.165, 1.54) is 0 Å². The number of nitrogens with zero attached hydrogens (tertiary/aromatic N) is 1. The van der Waals surface area contributed by atoms with E-state index in [2.05, 4.69) is 5.32 Å². The minimum absolute atomic E-state index is 0.0804. The molecule has 1 amide bonds. The molecule has 0 heterocycles. The van der Waals surface area contributed by atoms with Gasteiger partial charge in [0, 0.05) is 14.0 Å². The van der Waals surface area contributed by atoms with Gasteiger partial charge in [-0.3, -0.25) is 4.79 Å². The number of rotatable bonds is 2. The highest BCUT2D eigenvalue weighted by atomic mass is 16.2. The van der Waals surface area contributed by atoms with Crippen LogP contribution < -0.4 is 5.32 Å². The van der Waals surface area contributed by atoms with Gasteiger partial charge in [0.05, 0.1) is 6.17 Å². The molecule has 0 aromatic heterocycles. The van der Waals surface area contributed by atoms with Gasteiger partial charge in [0.1, 0.15) is 0 Å². The molecule has 0 spiro atoms. The van der Waals surface area contributed by atoms with E-state index in [0.29, 0.717) is 0 Å². The van der Waals surface area contributed by atoms with E-state index in [1.54, 1.807) is 18.9 Å². The predicted molar refractivity (Wildman–Crippen MR) is 37.0 cm³/mol. The fourth-order valence-corrected chi connectivity index (χ4v) is 0.466. The predicted octanol–water partition coefficient (Wildman–Crippen LogP) is 0.0301. The highest BCUT2D eigenvalue weighted by molar-refractivity contribution is 5.73. The Balaban J connectivity index is 3.72. The van der Waals surface area contributed by atoms with Gasteiger partial charge in [-0.2, -0.15) is 0 Å². The molecule has 3 heteroatoms. The third-order valence-corrected chi connectivity index (χ3v) is 1.50. The highest BCUT2D eigenvalue weighted by Crippen LogP contribution is 1.88. The average Bonchev–Trinajstić information content (AvgIpc) is 1.84. The summed E-state index contributed by atoms with van der Waals surface area (Å²) in [5.41, 5.74) is 0. The Kier molecular flexibility index (Phi) is 3.24. The molecule has 0 aliphatic carbocycles. The van der Waals surface area contributed by atoms with Gasteiger partial charge in [0.2, 0.25) is 5.91 Å². The third-order valence-electron chi connectivity index (χ3n) is 1.50. The van der Waals surface area contributed by atoms with Crippen molar-refractivity contribution < 1.29 is 4.79 Å². The molecule has 0 bridgehead atoms. The largest absolute Gasteiger partial charge is 0.331 e. The molecule has 0 rings (SSSR count). The second-order valence-electron chi connectivity index (χ2n) is 2.09. The maximum atomic E-state index is 10.6. The van der Waals surface area contributed by atoms with E-state index >= 15 is 0 Å². The number of carbonyl (C=O) groups is 1. The Hall–Kier alpha value is -0.570. The van der Waals surface area contributed by atoms with Crippen LogP contribution in [0.1, 0.15) is 13.8 Å². The molecule has 0 fully saturated rings. The summed E-state index contributed by atoms with van der Waals surface area (Å²) in [6.07, 6.45) is 0.127. The molecule has 1 atom stereocenters. The molecule has 0 saturated carbocycles. The Morgan fingerprint density at radius 3 is 2.22 bits per heavy atom. The molecule has 1 N–H and O–H groups in total. The Bertz CT molecular complexity index is 103. The molecular weight excluding hydrogens is 116 g/mol. The summed E-state index contributed by atoms with van der Waals surface area (Å²) in [4.78, 5) is 12.3. The summed E-state index contributed by atoms with van der Waals surface area (Å²) >= 11 is 0. The van der Waals surface area contributed by atoms with Gasteiger partial charge >= 0.3 is 0 Å². The zero-order valence-corrected chi connectivity index (χ0v) is 6.43. The van der Waals surface area contributed by atoms with Crippen LogP contribution in [0, 0.1) is 0 Å². The van der Waals surface area contributed by atoms with E-state index < -0.39 is 0 Å². The zero-order chi connectivity index (χ0) is 7.44. The summed E-state index contributed by atoms with van der Waals surface area (Å²) in [7, 11) is 3.59. The van der Waals surface area contributed by atoms with Gasteiger partial charge in [0.15, 0.2) is 0 Å². The minimum atomic E-state index is 0.0804. The van der Waals surface area contributed by atoms with Crippen LogP contribution in [0.15, 0.2) is 0 Å². The second kappa shape index (κ2) is 3.45. The van der Waals surface area contributed by atoms with Crippen molar-refractivity contribution in [1.82, 2.24) is 10.2 Å². The Morgan fingerprint density at radius 2 is 2.11 bits per heavy atom. The number of amides is 1. The van der Waals surface area contributed by atoms with Crippen LogP contribution in [0.25, 0.3) is 0 Å². The van der Waals surface area contributed by atoms with E-state index in [0.717, 1.165) is 0 Å². The first-order valence-electron chi connectivity index (χ1n) is 3.00. The first kappa shape index (κ1) is 8.43. The average molecular weight is 130 g/mol. The molecule has 0 aliphatic rings. The van der Waals surface area contributed by atoms with Gasteiger partial charge in [0.25, 0.3) is 0 Å². The van der Waals surface area contributed by atoms with Crippen LogP contribution in [0.4, 0.5) is 0 Å². The lowest BCUT2D eigenvalue weighted by Crippen LogP contribution is -2.41. The minimum Gasteiger partial charge on any atom is -0.331 e. The van der Waals surface area contributed by atoms with Crippen molar-refractivity contribution >= 4 is 5.91 Å². The fourth-order valence-electron chi connectivity index (χ4n) is 0.466. The fraction of sp³-hybridized carbons (Fsp3) is 0.833. The van der Waals surface area contributed by atoms with E-state index in [4.69, 9.17) is 0 Å². The van der Waals surface area contributed by atoms with Crippen molar-refractivity contribution in [2.45, 2.75) is 20.0 Å². The van der Waals surface area contributed by atoms with Crippen LogP contribution in [0.3, 0.4) is 0 Å². The SMILES string of the molecule is CNC(C)N(C)C(C)=O. The lowest BCUT2D eigenvalue weighted by Gasteiger charge is -2.22. The number of carbonyl (C=O) groups excluding carboxylic acids is 1. The molecule has 9 heavy (non-hydrogen) atoms. The van der Waals surface area contributed by atoms with Crippen LogP contribution >= 0.6 is 0 Å². The molecule has 0 aromatic carbocycles. The Morgan fingerprint density at radius 1 is 1.67 bits per heavy atom. The van der Waals surface area contributed by atoms with Gasteiger partial charge in [-0.05, 0) is 14.0 Å². The maximum absolute atomic E-state index is 10.6. The molecule has 0 radical (unpaired) electrons. The standard InChI is InChI=1S/C6H14N2O/c1-5(7-3)8(4)6(2)9/h5,7H,1-4H3. The number of hydrogen-bond acceptors (Lipinski definition) is 2. The zero-order valence-electron chi connectivity index (χ0n) is 6.43. The van der Waals surface area contributed by atoms with E-state index in [1.807, 2.05) is 14.0 Å². The molecule has 0 aliphatic heterocycles. The van der Waals surface area contributed by atoms with Crippen LogP contribution in [0.5, 0.6) is 0 Å². The Labute approximate surface area is 56.0 Å². The summed E-state index contributed by atoms with van der Waals surface area (Å²) < 4.78 is 0. The molecule has 1 unspecified atom stereocenters. The summed E-state index contributed by atoms with van der Waals surface area (Å²) in [6.45, 7) is 3.48. The summed E-state index contributed by atoms with van der Waals surface area (Å²) in [5.74, 6) is 0.0804. The summed E-state index contributed by atoms with van der Waals surface area (Å²) in [5, 5.41) is 2.95. The van der Waals surface area contributed by atoms with Crippen molar-refractivity contribution in [2.24, 2.45) is 0 Å². The monoisotopic (exact) mass is 130 g/mol. The molecule has 0 saturated heterocycles. The van der Waals surface area contributed by atoms with Gasteiger partial charge in [-0.25, -0.2) is 0 Å². The van der Waals surface area contributed by atoms with Gasteiger partial charge in [-0.15, -0.1) is 0 Å². The number of nitrogens with one attached hydrogen (secondary N) is 1. The van der Waals surface area contributed by atoms with Crippen molar-refractivity contribution in [3.63, 3.8) is 0 Å². The van der Waals surface area contributed by atoms with E-state index in [9.17, 15) is 4.79 Å². The molecule has 3 nitrogen and oxygen atoms in total. The van der Waals surface area contributed by atoms with E-state index in [-0.39, 0.29) is 12.1 Å². The van der Waals surface area contributed by atoms with Crippen molar-refractivity contribution in [1.29, 1.82) is 0 Å². The lowest BCUT2D eigenvalue weighted by atomic mass is 10.4. The van der Waals surface area contributed by atoms with Gasteiger partial charge < -0.3 is 10.2 Å². The van der Waals surface area contributed by atoms with Crippen LogP contribution in [-0.2, 0) is 4.79 Å². The maximum Gasteiger partial charge on any atom is 0.220 e. The highest BCUT2D eigenvalue weighted by Gasteiger charge is 2.07. The normalized spacial score (nSPS) is 12.9. The molecular formula is C6H14N2O. The van der Waals surface area contributed by atoms with Crippen molar-refractivity contribution in [3.8, 4) is 0 Å². The van der Waals surface area contributed by atoms with Crippen molar-refractivity contribution in [2.75, 3.05) is 14.1 Å². The van der Waals surface area contributed by atoms with Crippen LogP contribution in [0.2, 0.25) is 0 Å². The topological polar surface area (TPSA) is 32.3 Å². The smallest absolute Gasteiger partial charge is 0.220 e. The molecule has 0 aromatic rings. The summed E-state index contributed by atoms with van der Waals surface area (Å²) in [6, 6.07) is 0. The first-order valence-corrected chi connectivity index (χ1v) is 3.00. The van der Waals surface area contributed by atoms with Gasteiger partial charge in [-0.1, -0.05) is 0 Å². The van der Waals surface area contributed by atoms with Crippen LogP contribution in [-0.4, -0.2) is 31.1 Å². The van der Waals surface area contributed by atoms with Crippen molar-refractivity contribution in [3.05, 3.63) is 0 Å². The third kappa shape index (κ3) is 2.46. The molecule has 54 valence electrons. The lowest BCUT2D eigenvalue weighted by molar-refractivity contribution is -0.129. The number of hydrogen-bond donors (Lipinski definition) is 1. The second-order valence-corrected chi connectivity index (χ2v) is 2.09. The first-order chi connectivity index (χ1) is 4.09.